The zero-order valence-corrected chi connectivity index (χ0v) is 26.6. The van der Waals surface area contributed by atoms with E-state index in [1.54, 1.807) is 12.1 Å². The first-order chi connectivity index (χ1) is 21.5. The van der Waals surface area contributed by atoms with E-state index in [2.05, 4.69) is 10.6 Å². The molecule has 3 amide bonds. The van der Waals surface area contributed by atoms with Gasteiger partial charge in [-0.05, 0) is 56.4 Å². The third-order valence-corrected chi connectivity index (χ3v) is 10.0. The first-order valence-electron chi connectivity index (χ1n) is 15.2. The zero-order valence-electron chi connectivity index (χ0n) is 25.8. The number of nitrogens with one attached hydrogen (secondary N) is 2. The van der Waals surface area contributed by atoms with E-state index in [0.717, 1.165) is 16.7 Å². The average molecular weight is 632 g/mol. The summed E-state index contributed by atoms with van der Waals surface area (Å²) < 4.78 is 5.04. The number of aryl methyl sites for hydroxylation is 1. The maximum atomic E-state index is 13.8. The molecule has 0 unspecified atom stereocenters. The molecule has 45 heavy (non-hydrogen) atoms. The fourth-order valence-electron chi connectivity index (χ4n) is 6.04. The van der Waals surface area contributed by atoms with Crippen LogP contribution in [0.4, 0.5) is 0 Å². The van der Waals surface area contributed by atoms with Crippen LogP contribution < -0.4 is 15.4 Å². The van der Waals surface area contributed by atoms with Crippen LogP contribution >= 0.6 is 11.8 Å². The number of hydrogen-bond donors (Lipinski definition) is 4. The van der Waals surface area contributed by atoms with E-state index in [1.807, 2.05) is 87.5 Å². The Morgan fingerprint density at radius 2 is 1.71 bits per heavy atom. The molecule has 0 bridgehead atoms. The van der Waals surface area contributed by atoms with Crippen molar-refractivity contribution >= 4 is 29.5 Å². The van der Waals surface area contributed by atoms with Gasteiger partial charge in [-0.3, -0.25) is 14.4 Å². The van der Waals surface area contributed by atoms with Crippen LogP contribution in [0.2, 0.25) is 0 Å². The standard InChI is InChI=1S/C35H41N3O6S/c1-22-11-7-8-14-24(22)19-36-33(42)31-35(2,3)45-21-38(31)34(43)27(39)18-25(17-23-12-5-4-6-13-23)32(41)37-30-26-15-9-10-16-29(26)44-20-28(30)40/h4-16,25,27-28,30-31,39-40H,17-21H2,1-3H3,(H,36,42)(H,37,41)/t25-,27+,28-,30+,31-/m1/s1. The summed E-state index contributed by atoms with van der Waals surface area (Å²) in [4.78, 5) is 42.5. The highest BCUT2D eigenvalue weighted by atomic mass is 32.2. The van der Waals surface area contributed by atoms with Gasteiger partial charge in [-0.2, -0.15) is 0 Å². The van der Waals surface area contributed by atoms with Crippen molar-refractivity contribution < 1.29 is 29.3 Å². The molecule has 2 heterocycles. The van der Waals surface area contributed by atoms with Crippen molar-refractivity contribution in [3.63, 3.8) is 0 Å². The van der Waals surface area contributed by atoms with Gasteiger partial charge in [0.15, 0.2) is 0 Å². The summed E-state index contributed by atoms with van der Waals surface area (Å²) in [5.74, 6) is -1.23. The molecule has 3 aromatic rings. The number of hydrogen-bond acceptors (Lipinski definition) is 7. The summed E-state index contributed by atoms with van der Waals surface area (Å²) in [6.45, 7) is 6.17. The maximum Gasteiger partial charge on any atom is 0.252 e. The maximum absolute atomic E-state index is 13.8. The fraction of sp³-hybridized carbons (Fsp3) is 0.400. The molecule has 2 aliphatic heterocycles. The van der Waals surface area contributed by atoms with Gasteiger partial charge < -0.3 is 30.5 Å². The lowest BCUT2D eigenvalue weighted by Gasteiger charge is -2.33. The Morgan fingerprint density at radius 1 is 1.02 bits per heavy atom. The molecule has 5 atom stereocenters. The predicted octanol–water partition coefficient (Wildman–Crippen LogP) is 3.51. The van der Waals surface area contributed by atoms with Crippen LogP contribution in [0.5, 0.6) is 5.75 Å². The highest BCUT2D eigenvalue weighted by Crippen LogP contribution is 2.40. The van der Waals surface area contributed by atoms with E-state index in [-0.39, 0.29) is 31.2 Å². The molecule has 0 saturated carbocycles. The Morgan fingerprint density at radius 3 is 2.47 bits per heavy atom. The monoisotopic (exact) mass is 631 g/mol. The highest BCUT2D eigenvalue weighted by molar-refractivity contribution is 8.00. The van der Waals surface area contributed by atoms with Gasteiger partial charge in [0.2, 0.25) is 11.8 Å². The number of ether oxygens (including phenoxy) is 1. The van der Waals surface area contributed by atoms with Crippen LogP contribution in [0.15, 0.2) is 78.9 Å². The van der Waals surface area contributed by atoms with Crippen molar-refractivity contribution in [2.75, 3.05) is 12.5 Å². The fourth-order valence-corrected chi connectivity index (χ4v) is 7.18. The zero-order chi connectivity index (χ0) is 32.1. The SMILES string of the molecule is Cc1ccccc1CNC(=O)[C@H]1N(C(=O)[C@@H](O)C[C@@H](Cc2ccccc2)C(=O)N[C@H]2c3ccccc3OC[C@H]2O)CSC1(C)C. The molecular formula is C35H41N3O6S. The minimum absolute atomic E-state index is 0.0299. The second kappa shape index (κ2) is 14.1. The largest absolute Gasteiger partial charge is 0.490 e. The highest BCUT2D eigenvalue weighted by Gasteiger charge is 2.49. The minimum Gasteiger partial charge on any atom is -0.490 e. The third-order valence-electron chi connectivity index (χ3n) is 8.63. The number of carbonyl (C=O) groups is 3. The van der Waals surface area contributed by atoms with Crippen molar-refractivity contribution in [1.82, 2.24) is 15.5 Å². The Kier molecular flexibility index (Phi) is 10.2. The van der Waals surface area contributed by atoms with Gasteiger partial charge in [0.25, 0.3) is 5.91 Å². The predicted molar refractivity (Wildman–Crippen MR) is 173 cm³/mol. The van der Waals surface area contributed by atoms with Gasteiger partial charge in [0, 0.05) is 22.8 Å². The van der Waals surface area contributed by atoms with Crippen molar-refractivity contribution in [1.29, 1.82) is 0 Å². The molecule has 10 heteroatoms. The van der Waals surface area contributed by atoms with Crippen LogP contribution in [0, 0.1) is 12.8 Å². The van der Waals surface area contributed by atoms with Gasteiger partial charge in [0.05, 0.1) is 11.9 Å². The summed E-state index contributed by atoms with van der Waals surface area (Å²) in [7, 11) is 0. The lowest BCUT2D eigenvalue weighted by molar-refractivity contribution is -0.147. The molecule has 0 spiro atoms. The molecule has 3 aromatic carbocycles. The molecule has 1 saturated heterocycles. The van der Waals surface area contributed by atoms with Crippen molar-refractivity contribution in [2.45, 2.75) is 69.2 Å². The van der Waals surface area contributed by atoms with Crippen LogP contribution in [0.1, 0.15) is 48.6 Å². The molecule has 5 rings (SSSR count). The summed E-state index contributed by atoms with van der Waals surface area (Å²) in [6, 6.07) is 22.9. The minimum atomic E-state index is -1.52. The number of thioether (sulfide) groups is 1. The molecule has 2 aliphatic rings. The Hall–Kier alpha value is -3.86. The molecule has 9 nitrogen and oxygen atoms in total. The van der Waals surface area contributed by atoms with E-state index < -0.39 is 46.8 Å². The Labute approximate surface area is 268 Å². The molecular weight excluding hydrogens is 590 g/mol. The lowest BCUT2D eigenvalue weighted by Crippen LogP contribution is -2.55. The second-order valence-electron chi connectivity index (χ2n) is 12.3. The van der Waals surface area contributed by atoms with Crippen LogP contribution in [-0.4, -0.2) is 68.3 Å². The van der Waals surface area contributed by atoms with E-state index in [0.29, 0.717) is 17.9 Å². The number of rotatable bonds is 10. The molecule has 0 aromatic heterocycles. The van der Waals surface area contributed by atoms with Crippen molar-refractivity contribution in [3.8, 4) is 5.75 Å². The molecule has 1 fully saturated rings. The number of aliphatic hydroxyl groups excluding tert-OH is 2. The van der Waals surface area contributed by atoms with E-state index in [9.17, 15) is 24.6 Å². The number of aliphatic hydroxyl groups is 2. The van der Waals surface area contributed by atoms with Crippen LogP contribution in [0.3, 0.4) is 0 Å². The smallest absolute Gasteiger partial charge is 0.252 e. The number of benzene rings is 3. The summed E-state index contributed by atoms with van der Waals surface area (Å²) in [5, 5.41) is 28.0. The number of carbonyl (C=O) groups excluding carboxylic acids is 3. The van der Waals surface area contributed by atoms with Gasteiger partial charge in [-0.25, -0.2) is 0 Å². The van der Waals surface area contributed by atoms with Crippen LogP contribution in [-0.2, 0) is 27.3 Å². The number of para-hydroxylation sites is 1. The van der Waals surface area contributed by atoms with Gasteiger partial charge >= 0.3 is 0 Å². The number of nitrogens with zero attached hydrogens (tertiary/aromatic N) is 1. The van der Waals surface area contributed by atoms with E-state index in [1.165, 1.54) is 16.7 Å². The van der Waals surface area contributed by atoms with Crippen molar-refractivity contribution in [2.24, 2.45) is 5.92 Å². The Balaban J connectivity index is 1.31. The van der Waals surface area contributed by atoms with Gasteiger partial charge in [-0.1, -0.05) is 72.8 Å². The lowest BCUT2D eigenvalue weighted by atomic mass is 9.90. The quantitative estimate of drug-likeness (QED) is 0.270. The van der Waals surface area contributed by atoms with E-state index in [4.69, 9.17) is 4.74 Å². The third kappa shape index (κ3) is 7.52. The number of amides is 3. The average Bonchev–Trinajstić information content (AvgIpc) is 3.36. The summed E-state index contributed by atoms with van der Waals surface area (Å²) in [6.07, 6.45) is -2.36. The normalized spacial score (nSPS) is 21.6. The van der Waals surface area contributed by atoms with Crippen molar-refractivity contribution in [3.05, 3.63) is 101 Å². The molecule has 0 radical (unpaired) electrons. The first kappa shape index (κ1) is 32.5. The Bertz CT molecular complexity index is 1520. The van der Waals surface area contributed by atoms with Gasteiger partial charge in [0.1, 0.15) is 30.6 Å². The molecule has 4 N–H and O–H groups in total. The molecule has 238 valence electrons. The topological polar surface area (TPSA) is 128 Å². The summed E-state index contributed by atoms with van der Waals surface area (Å²) in [5.41, 5.74) is 3.58. The summed E-state index contributed by atoms with van der Waals surface area (Å²) >= 11 is 1.47. The molecule has 0 aliphatic carbocycles. The van der Waals surface area contributed by atoms with Gasteiger partial charge in [-0.15, -0.1) is 11.8 Å². The van der Waals surface area contributed by atoms with Crippen LogP contribution in [0.25, 0.3) is 0 Å². The number of fused-ring (bicyclic) bond motifs is 1. The first-order valence-corrected chi connectivity index (χ1v) is 16.2. The van der Waals surface area contributed by atoms with E-state index >= 15 is 0 Å². The second-order valence-corrected chi connectivity index (χ2v) is 13.9.